The zero-order valence-electron chi connectivity index (χ0n) is 15.2. The fraction of sp³-hybridized carbons (Fsp3) is 0. The molecule has 0 atom stereocenters. The summed E-state index contributed by atoms with van der Waals surface area (Å²) in [5, 5.41) is 4.95. The Hall–Kier alpha value is -3.78. The van der Waals surface area contributed by atoms with Crippen LogP contribution in [0.4, 0.5) is 0 Å². The van der Waals surface area contributed by atoms with E-state index in [1.807, 2.05) is 0 Å². The van der Waals surface area contributed by atoms with Crippen LogP contribution in [0.1, 0.15) is 0 Å². The van der Waals surface area contributed by atoms with Crippen molar-refractivity contribution in [1.82, 2.24) is 0 Å². The van der Waals surface area contributed by atoms with Gasteiger partial charge in [0.2, 0.25) is 22.1 Å². The van der Waals surface area contributed by atoms with E-state index in [1.54, 1.807) is 0 Å². The largest absolute Gasteiger partial charge is 0.211 e. The van der Waals surface area contributed by atoms with Crippen molar-refractivity contribution in [1.29, 1.82) is 0 Å². The number of benzene rings is 4. The molecular weight excluding hydrogens is 340 g/mol. The van der Waals surface area contributed by atoms with Gasteiger partial charge in [0.1, 0.15) is 0 Å². The molecule has 0 aliphatic heterocycles. The van der Waals surface area contributed by atoms with Crippen molar-refractivity contribution in [3.8, 4) is 11.1 Å². The lowest BCUT2D eigenvalue weighted by Gasteiger charge is -2.11. The standard InChI is InChI=1S/C26H16N2/c1-5-13-21-17(9-1)25(18-10-2-6-14-22(18)27-21)26-19-11-3-7-15-23(19)28-24-16-8-4-12-20(24)26/h1-16H/p+2. The Morgan fingerprint density at radius 3 is 0.857 bits per heavy atom. The Labute approximate surface area is 162 Å². The summed E-state index contributed by atoms with van der Waals surface area (Å²) in [7, 11) is 0. The van der Waals surface area contributed by atoms with Crippen LogP contribution in [0.5, 0.6) is 0 Å². The van der Waals surface area contributed by atoms with Gasteiger partial charge in [-0.15, -0.1) is 0 Å². The molecule has 6 aromatic rings. The number of nitrogens with one attached hydrogen (secondary N) is 2. The van der Waals surface area contributed by atoms with Gasteiger partial charge in [0.05, 0.1) is 21.5 Å². The average Bonchev–Trinajstić information content (AvgIpc) is 2.76. The molecular formula is C26H18N2+2. The molecule has 0 saturated carbocycles. The van der Waals surface area contributed by atoms with Crippen LogP contribution in [-0.2, 0) is 0 Å². The third kappa shape index (κ3) is 2.15. The number of rotatable bonds is 1. The van der Waals surface area contributed by atoms with E-state index in [1.165, 1.54) is 32.7 Å². The number of aromatic nitrogens is 2. The summed E-state index contributed by atoms with van der Waals surface area (Å²) in [5.41, 5.74) is 7.17. The van der Waals surface area contributed by atoms with Crippen molar-refractivity contribution >= 4 is 43.6 Å². The number of H-pyrrole nitrogens is 2. The molecule has 0 radical (unpaired) electrons. The molecule has 130 valence electrons. The van der Waals surface area contributed by atoms with Gasteiger partial charge < -0.3 is 0 Å². The smallest absolute Gasteiger partial charge is 0.204 e. The molecule has 28 heavy (non-hydrogen) atoms. The Morgan fingerprint density at radius 2 is 0.571 bits per heavy atom. The van der Waals surface area contributed by atoms with Crippen LogP contribution in [0.2, 0.25) is 0 Å². The fourth-order valence-electron chi connectivity index (χ4n) is 4.36. The molecule has 2 nitrogen and oxygen atoms in total. The minimum atomic E-state index is 1.15. The highest BCUT2D eigenvalue weighted by Crippen LogP contribution is 2.40. The van der Waals surface area contributed by atoms with Crippen LogP contribution >= 0.6 is 0 Å². The Morgan fingerprint density at radius 1 is 0.321 bits per heavy atom. The molecule has 0 spiro atoms. The van der Waals surface area contributed by atoms with Crippen molar-refractivity contribution in [2.75, 3.05) is 0 Å². The summed E-state index contributed by atoms with van der Waals surface area (Å²) >= 11 is 0. The average molecular weight is 358 g/mol. The van der Waals surface area contributed by atoms with Crippen LogP contribution in [-0.4, -0.2) is 0 Å². The molecule has 2 heteroatoms. The summed E-state index contributed by atoms with van der Waals surface area (Å²) in [6.45, 7) is 0. The van der Waals surface area contributed by atoms with E-state index in [0.717, 1.165) is 22.1 Å². The van der Waals surface area contributed by atoms with Gasteiger partial charge in [-0.05, 0) is 24.3 Å². The van der Waals surface area contributed by atoms with Gasteiger partial charge in [-0.25, -0.2) is 9.97 Å². The highest BCUT2D eigenvalue weighted by molar-refractivity contribution is 6.18. The van der Waals surface area contributed by atoms with Crippen LogP contribution in [0, 0.1) is 0 Å². The first-order chi connectivity index (χ1) is 13.9. The molecule has 0 aliphatic carbocycles. The van der Waals surface area contributed by atoms with Gasteiger partial charge >= 0.3 is 0 Å². The maximum absolute atomic E-state index is 3.61. The van der Waals surface area contributed by atoms with E-state index < -0.39 is 0 Å². The third-order valence-corrected chi connectivity index (χ3v) is 5.57. The summed E-state index contributed by atoms with van der Waals surface area (Å²) in [4.78, 5) is 7.22. The Kier molecular flexibility index (Phi) is 3.20. The molecule has 0 fully saturated rings. The molecule has 4 aromatic carbocycles. The topological polar surface area (TPSA) is 28.3 Å². The fourth-order valence-corrected chi connectivity index (χ4v) is 4.36. The lowest BCUT2D eigenvalue weighted by Crippen LogP contribution is -2.09. The number of para-hydroxylation sites is 4. The third-order valence-electron chi connectivity index (χ3n) is 5.57. The summed E-state index contributed by atoms with van der Waals surface area (Å²) in [6, 6.07) is 34.3. The van der Waals surface area contributed by atoms with E-state index in [2.05, 4.69) is 107 Å². The molecule has 0 aliphatic rings. The van der Waals surface area contributed by atoms with Crippen LogP contribution in [0.15, 0.2) is 97.1 Å². The maximum Gasteiger partial charge on any atom is 0.211 e. The lowest BCUT2D eigenvalue weighted by atomic mass is 9.91. The highest BCUT2D eigenvalue weighted by atomic mass is 14.7. The highest BCUT2D eigenvalue weighted by Gasteiger charge is 2.21. The molecule has 2 aromatic heterocycles. The van der Waals surface area contributed by atoms with Gasteiger partial charge in [0.25, 0.3) is 0 Å². The molecule has 0 amide bonds. The Balaban J connectivity index is 1.95. The van der Waals surface area contributed by atoms with E-state index >= 15 is 0 Å². The molecule has 0 bridgehead atoms. The first-order valence-corrected chi connectivity index (χ1v) is 9.56. The monoisotopic (exact) mass is 358 g/mol. The van der Waals surface area contributed by atoms with Crippen LogP contribution in [0.3, 0.4) is 0 Å². The SMILES string of the molecule is c1ccc2c(-c3c4ccccc4[nH+]c4ccccc34)c3ccccc3[nH+]c2c1. The normalized spacial score (nSPS) is 11.6. The molecule has 2 N–H and O–H groups in total. The Bertz CT molecular complexity index is 1290. The predicted molar refractivity (Wildman–Crippen MR) is 115 cm³/mol. The quantitative estimate of drug-likeness (QED) is 0.343. The minimum Gasteiger partial charge on any atom is -0.204 e. The molecule has 0 unspecified atom stereocenters. The summed E-state index contributed by atoms with van der Waals surface area (Å²) < 4.78 is 0. The van der Waals surface area contributed by atoms with Crippen molar-refractivity contribution in [2.24, 2.45) is 0 Å². The second-order valence-electron chi connectivity index (χ2n) is 7.18. The van der Waals surface area contributed by atoms with E-state index in [4.69, 9.17) is 0 Å². The van der Waals surface area contributed by atoms with Crippen molar-refractivity contribution in [2.45, 2.75) is 0 Å². The summed E-state index contributed by atoms with van der Waals surface area (Å²) in [5.74, 6) is 0. The maximum atomic E-state index is 3.61. The minimum absolute atomic E-state index is 1.15. The van der Waals surface area contributed by atoms with Crippen LogP contribution in [0.25, 0.3) is 54.7 Å². The zero-order valence-corrected chi connectivity index (χ0v) is 15.2. The van der Waals surface area contributed by atoms with Gasteiger partial charge in [0.15, 0.2) is 0 Å². The first kappa shape index (κ1) is 15.3. The van der Waals surface area contributed by atoms with Gasteiger partial charge in [-0.3, -0.25) is 0 Å². The van der Waals surface area contributed by atoms with Crippen molar-refractivity contribution in [3.63, 3.8) is 0 Å². The molecule has 6 rings (SSSR count). The number of hydrogen-bond donors (Lipinski definition) is 0. The second-order valence-corrected chi connectivity index (χ2v) is 7.18. The second kappa shape index (κ2) is 5.86. The van der Waals surface area contributed by atoms with Crippen molar-refractivity contribution < 1.29 is 9.97 Å². The first-order valence-electron chi connectivity index (χ1n) is 9.56. The predicted octanol–water partition coefficient (Wildman–Crippen LogP) is 5.59. The van der Waals surface area contributed by atoms with Gasteiger partial charge in [-0.2, -0.15) is 0 Å². The lowest BCUT2D eigenvalue weighted by molar-refractivity contribution is -0.310. The van der Waals surface area contributed by atoms with E-state index in [9.17, 15) is 0 Å². The molecule has 2 heterocycles. The van der Waals surface area contributed by atoms with E-state index in [0.29, 0.717) is 0 Å². The van der Waals surface area contributed by atoms with Gasteiger partial charge in [-0.1, -0.05) is 48.5 Å². The molecule has 0 saturated heterocycles. The number of fused-ring (bicyclic) bond motifs is 4. The number of pyridine rings is 2. The number of aromatic amines is 2. The van der Waals surface area contributed by atoms with Crippen LogP contribution < -0.4 is 9.97 Å². The van der Waals surface area contributed by atoms with Gasteiger partial charge in [0, 0.05) is 35.4 Å². The zero-order chi connectivity index (χ0) is 18.5. The number of hydrogen-bond acceptors (Lipinski definition) is 0. The summed E-state index contributed by atoms with van der Waals surface area (Å²) in [6.07, 6.45) is 0. The van der Waals surface area contributed by atoms with Crippen molar-refractivity contribution in [3.05, 3.63) is 97.1 Å². The van der Waals surface area contributed by atoms with E-state index in [-0.39, 0.29) is 0 Å².